The smallest absolute Gasteiger partial charge is 0.272 e. The molecule has 2 atom stereocenters. The predicted octanol–water partition coefficient (Wildman–Crippen LogP) is 3.55. The second kappa shape index (κ2) is 8.03. The van der Waals surface area contributed by atoms with Gasteiger partial charge in [0.15, 0.2) is 5.82 Å². The minimum absolute atomic E-state index is 0.0139. The Hall–Kier alpha value is -2.49. The average Bonchev–Trinajstić information content (AvgIpc) is 3.16. The largest absolute Gasteiger partial charge is 0.379 e. The topological polar surface area (TPSA) is 57.9 Å². The highest BCUT2D eigenvalue weighted by molar-refractivity contribution is 5.96. The first-order chi connectivity index (χ1) is 13.3. The molecule has 6 nitrogen and oxygen atoms in total. The number of rotatable bonds is 5. The normalized spacial score (nSPS) is 22.7. The van der Waals surface area contributed by atoms with Crippen molar-refractivity contribution in [3.63, 3.8) is 0 Å². The van der Waals surface area contributed by atoms with E-state index in [0.29, 0.717) is 0 Å². The molecule has 2 aliphatic rings. The number of aliphatic imine (C=N–C) groups is 1. The molecule has 6 heteroatoms. The molecule has 1 N–H and O–H groups in total. The van der Waals surface area contributed by atoms with Gasteiger partial charge in [0, 0.05) is 25.2 Å². The first-order valence-electron chi connectivity index (χ1n) is 9.66. The number of hydrogen-bond acceptors (Lipinski definition) is 4. The number of H-pyrrole nitrogens is 1. The highest BCUT2D eigenvalue weighted by Gasteiger charge is 2.39. The van der Waals surface area contributed by atoms with Crippen LogP contribution in [-0.2, 0) is 11.3 Å². The van der Waals surface area contributed by atoms with Gasteiger partial charge in [-0.25, -0.2) is 11.6 Å². The van der Waals surface area contributed by atoms with Crippen LogP contribution in [0.4, 0.5) is 5.82 Å². The number of aromatic nitrogens is 2. The van der Waals surface area contributed by atoms with Crippen LogP contribution >= 0.6 is 0 Å². The minimum atomic E-state index is -0.256. The van der Waals surface area contributed by atoms with E-state index in [1.165, 1.54) is 11.1 Å². The third-order valence-corrected chi connectivity index (χ3v) is 5.36. The van der Waals surface area contributed by atoms with E-state index in [4.69, 9.17) is 16.3 Å². The summed E-state index contributed by atoms with van der Waals surface area (Å²) < 4.78 is 5.45. The lowest BCUT2D eigenvalue weighted by Gasteiger charge is -2.27. The molecule has 1 saturated heterocycles. The lowest BCUT2D eigenvalue weighted by atomic mass is 9.81. The molecule has 2 unspecified atom stereocenters. The highest BCUT2D eigenvalue weighted by atomic mass is 16.5. The van der Waals surface area contributed by atoms with Crippen LogP contribution in [0, 0.1) is 6.57 Å². The Morgan fingerprint density at radius 1 is 1.33 bits per heavy atom. The van der Waals surface area contributed by atoms with Gasteiger partial charge in [-0.05, 0) is 17.5 Å². The third-order valence-electron chi connectivity index (χ3n) is 5.36. The Morgan fingerprint density at radius 2 is 2.19 bits per heavy atom. The number of benzene rings is 1. The van der Waals surface area contributed by atoms with E-state index in [0.717, 1.165) is 62.8 Å². The average molecular weight is 363 g/mol. The van der Waals surface area contributed by atoms with Crippen molar-refractivity contribution in [2.75, 3.05) is 26.3 Å². The second-order valence-electron chi connectivity index (χ2n) is 7.21. The van der Waals surface area contributed by atoms with E-state index in [2.05, 4.69) is 51.1 Å². The van der Waals surface area contributed by atoms with Gasteiger partial charge in [-0.15, -0.1) is 0 Å². The van der Waals surface area contributed by atoms with Crippen molar-refractivity contribution >= 4 is 11.5 Å². The van der Waals surface area contributed by atoms with Crippen LogP contribution in [0.1, 0.15) is 42.4 Å². The molecule has 2 aliphatic heterocycles. The molecule has 4 rings (SSSR count). The first-order valence-corrected chi connectivity index (χ1v) is 9.66. The second-order valence-corrected chi connectivity index (χ2v) is 7.21. The number of fused-ring (bicyclic) bond motifs is 1. The molecule has 1 aromatic carbocycles. The maximum absolute atomic E-state index is 7.83. The zero-order chi connectivity index (χ0) is 18.6. The fourth-order valence-corrected chi connectivity index (χ4v) is 4.05. The van der Waals surface area contributed by atoms with Gasteiger partial charge >= 0.3 is 0 Å². The maximum Gasteiger partial charge on any atom is 0.272 e. The molecular weight excluding hydrogens is 338 g/mol. The Bertz CT molecular complexity index is 859. The molecule has 3 heterocycles. The van der Waals surface area contributed by atoms with Gasteiger partial charge in [0.25, 0.3) is 6.04 Å². The van der Waals surface area contributed by atoms with Gasteiger partial charge in [0.1, 0.15) is 5.71 Å². The van der Waals surface area contributed by atoms with Crippen molar-refractivity contribution in [3.05, 3.63) is 58.6 Å². The summed E-state index contributed by atoms with van der Waals surface area (Å²) in [5.74, 6) is 0.793. The molecule has 0 amide bonds. The standard InChI is InChI=1S/C21H25N5O/c1-3-5-18-20(22-2)19(17-13-23-25-21(17)24-18)16-7-4-6-15(12-16)14-26-8-10-27-11-9-26/h4,6-7,12-13,19-20H,3,5,8-11,14H2,1H3,(H,23,25). The molecular formula is C21H25N5O. The number of nitrogens with one attached hydrogen (secondary N) is 1. The number of nitrogens with zero attached hydrogens (tertiary/aromatic N) is 4. The fourth-order valence-electron chi connectivity index (χ4n) is 4.05. The van der Waals surface area contributed by atoms with Crippen molar-refractivity contribution in [1.29, 1.82) is 0 Å². The van der Waals surface area contributed by atoms with Gasteiger partial charge in [-0.2, -0.15) is 5.10 Å². The van der Waals surface area contributed by atoms with Crippen LogP contribution < -0.4 is 0 Å². The summed E-state index contributed by atoms with van der Waals surface area (Å²) in [6.07, 6.45) is 3.66. The van der Waals surface area contributed by atoms with E-state index in [1.807, 2.05) is 6.20 Å². The molecule has 1 aromatic heterocycles. The number of ether oxygens (including phenoxy) is 1. The maximum atomic E-state index is 7.83. The Kier molecular flexibility index (Phi) is 5.33. The van der Waals surface area contributed by atoms with Gasteiger partial charge in [-0.3, -0.25) is 10.00 Å². The van der Waals surface area contributed by atoms with Gasteiger partial charge in [-0.1, -0.05) is 37.6 Å². The molecule has 1 fully saturated rings. The number of morpholine rings is 1. The van der Waals surface area contributed by atoms with Crippen LogP contribution in [-0.4, -0.2) is 53.2 Å². The SMILES string of the molecule is [C-]#[N+]C1C(CCC)=Nc2[nH]ncc2C1c1cccc(CN2CCOCC2)c1. The molecule has 0 radical (unpaired) electrons. The lowest BCUT2D eigenvalue weighted by Crippen LogP contribution is -2.35. The van der Waals surface area contributed by atoms with E-state index >= 15 is 0 Å². The fraction of sp³-hybridized carbons (Fsp3) is 0.476. The highest BCUT2D eigenvalue weighted by Crippen LogP contribution is 2.40. The van der Waals surface area contributed by atoms with E-state index < -0.39 is 0 Å². The zero-order valence-electron chi connectivity index (χ0n) is 15.7. The van der Waals surface area contributed by atoms with E-state index in [9.17, 15) is 0 Å². The Morgan fingerprint density at radius 3 is 2.96 bits per heavy atom. The van der Waals surface area contributed by atoms with Crippen LogP contribution in [0.15, 0.2) is 35.5 Å². The molecule has 140 valence electrons. The van der Waals surface area contributed by atoms with E-state index in [-0.39, 0.29) is 12.0 Å². The summed E-state index contributed by atoms with van der Waals surface area (Å²) >= 11 is 0. The summed E-state index contributed by atoms with van der Waals surface area (Å²) in [6, 6.07) is 8.42. The van der Waals surface area contributed by atoms with Crippen LogP contribution in [0.5, 0.6) is 0 Å². The predicted molar refractivity (Wildman–Crippen MR) is 105 cm³/mol. The molecule has 0 spiro atoms. The summed E-state index contributed by atoms with van der Waals surface area (Å²) in [5, 5.41) is 7.21. The van der Waals surface area contributed by atoms with E-state index in [1.54, 1.807) is 0 Å². The van der Waals surface area contributed by atoms with Gasteiger partial charge < -0.3 is 9.58 Å². The van der Waals surface area contributed by atoms with Crippen molar-refractivity contribution in [1.82, 2.24) is 15.1 Å². The summed E-state index contributed by atoms with van der Waals surface area (Å²) in [6.45, 7) is 14.4. The number of hydrogen-bond donors (Lipinski definition) is 1. The van der Waals surface area contributed by atoms with Crippen LogP contribution in [0.2, 0.25) is 0 Å². The summed E-state index contributed by atoms with van der Waals surface area (Å²) in [5.41, 5.74) is 4.45. The van der Waals surface area contributed by atoms with Crippen molar-refractivity contribution in [2.45, 2.75) is 38.3 Å². The molecule has 0 aliphatic carbocycles. The molecule has 0 saturated carbocycles. The summed E-state index contributed by atoms with van der Waals surface area (Å²) in [7, 11) is 0. The van der Waals surface area contributed by atoms with Crippen molar-refractivity contribution in [3.8, 4) is 0 Å². The molecule has 0 bridgehead atoms. The van der Waals surface area contributed by atoms with Crippen molar-refractivity contribution in [2.24, 2.45) is 4.99 Å². The monoisotopic (exact) mass is 363 g/mol. The van der Waals surface area contributed by atoms with Crippen LogP contribution in [0.25, 0.3) is 4.85 Å². The zero-order valence-corrected chi connectivity index (χ0v) is 15.7. The minimum Gasteiger partial charge on any atom is -0.379 e. The molecule has 27 heavy (non-hydrogen) atoms. The Balaban J connectivity index is 1.66. The first kappa shape index (κ1) is 17.9. The Labute approximate surface area is 160 Å². The third kappa shape index (κ3) is 3.66. The van der Waals surface area contributed by atoms with Gasteiger partial charge in [0.05, 0.1) is 25.3 Å². The van der Waals surface area contributed by atoms with Crippen molar-refractivity contribution < 1.29 is 4.74 Å². The molecule has 2 aromatic rings. The van der Waals surface area contributed by atoms with Gasteiger partial charge in [0.2, 0.25) is 0 Å². The lowest BCUT2D eigenvalue weighted by molar-refractivity contribution is 0.0342. The number of aromatic amines is 1. The summed E-state index contributed by atoms with van der Waals surface area (Å²) in [4.78, 5) is 11.1. The van der Waals surface area contributed by atoms with Crippen LogP contribution in [0.3, 0.4) is 0 Å². The quantitative estimate of drug-likeness (QED) is 0.827.